The van der Waals surface area contributed by atoms with Gasteiger partial charge in [0.2, 0.25) is 0 Å². The van der Waals surface area contributed by atoms with Crippen LogP contribution in [-0.2, 0) is 0 Å². The summed E-state index contributed by atoms with van der Waals surface area (Å²) in [6, 6.07) is 14.9. The monoisotopic (exact) mass is 587 g/mol. The number of hydrogen-bond donors (Lipinski definition) is 0. The minimum atomic E-state index is -0.731. The van der Waals surface area contributed by atoms with Crippen LogP contribution in [0.15, 0.2) is 174 Å². The Balaban J connectivity index is 1.43. The molecule has 8 aromatic carbocycles. The number of fused-ring (bicyclic) bond motifs is 5. The van der Waals surface area contributed by atoms with Gasteiger partial charge in [-0.3, -0.25) is 0 Å². The van der Waals surface area contributed by atoms with E-state index in [0.717, 1.165) is 21.9 Å². The van der Waals surface area contributed by atoms with Gasteiger partial charge in [0.05, 0.1) is 20.6 Å². The lowest BCUT2D eigenvalue weighted by atomic mass is 9.85. The zero-order chi connectivity index (χ0) is 42.8. The van der Waals surface area contributed by atoms with E-state index in [9.17, 15) is 6.85 Å². The largest absolute Gasteiger partial charge is 0.455 e. The SMILES string of the molecule is [2H]c1c([2H])c([2H])c(-c2c([2H])c([2H])c3oc4c(-c5c([2H])c([2H])c([2H])c(-c6c7ccccc7c(-c7ccccc7)c7ccccc67)c5[2H])c([2H])c([2H])c([2H])c4c3c2[2H])c([2H])c1[2H]. The van der Waals surface area contributed by atoms with Crippen molar-refractivity contribution >= 4 is 43.5 Å². The van der Waals surface area contributed by atoms with Gasteiger partial charge in [-0.2, -0.15) is 0 Å². The van der Waals surface area contributed by atoms with Crippen molar-refractivity contribution in [2.75, 3.05) is 0 Å². The summed E-state index contributed by atoms with van der Waals surface area (Å²) in [5, 5.41) is 2.24. The topological polar surface area (TPSA) is 13.1 Å². The van der Waals surface area contributed by atoms with Gasteiger partial charge in [0.15, 0.2) is 0 Å². The summed E-state index contributed by atoms with van der Waals surface area (Å²) in [6.07, 6.45) is 0. The molecule has 0 aliphatic rings. The molecule has 45 heavy (non-hydrogen) atoms. The highest BCUT2D eigenvalue weighted by Gasteiger charge is 2.18. The zero-order valence-corrected chi connectivity index (χ0v) is 23.4. The quantitative estimate of drug-likeness (QED) is 0.187. The fourth-order valence-electron chi connectivity index (χ4n) is 6.01. The predicted octanol–water partition coefficient (Wildman–Crippen LogP) is 12.6. The molecule has 9 rings (SSSR count). The van der Waals surface area contributed by atoms with Gasteiger partial charge in [-0.15, -0.1) is 0 Å². The summed E-state index contributed by atoms with van der Waals surface area (Å²) in [4.78, 5) is 0. The first kappa shape index (κ1) is 14.7. The highest BCUT2D eigenvalue weighted by molar-refractivity contribution is 6.21. The second-order valence-electron chi connectivity index (χ2n) is 10.5. The van der Waals surface area contributed by atoms with E-state index in [1.807, 2.05) is 78.9 Å². The summed E-state index contributed by atoms with van der Waals surface area (Å²) in [5.41, 5.74) is -0.402. The van der Waals surface area contributed by atoms with Gasteiger partial charge < -0.3 is 4.42 Å². The molecule has 0 bridgehead atoms. The lowest BCUT2D eigenvalue weighted by Crippen LogP contribution is -1.91. The molecule has 0 aliphatic carbocycles. The van der Waals surface area contributed by atoms with Gasteiger partial charge in [-0.1, -0.05) is 151 Å². The fourth-order valence-corrected chi connectivity index (χ4v) is 6.01. The molecule has 0 radical (unpaired) electrons. The maximum Gasteiger partial charge on any atom is 0.143 e. The Morgan fingerprint density at radius 1 is 0.378 bits per heavy atom. The molecule has 0 unspecified atom stereocenters. The average molecular weight is 588 g/mol. The van der Waals surface area contributed by atoms with Crippen LogP contribution in [0.4, 0.5) is 0 Å². The van der Waals surface area contributed by atoms with Crippen LogP contribution in [0.1, 0.15) is 20.6 Å². The molecule has 0 N–H and O–H groups in total. The van der Waals surface area contributed by atoms with Crippen molar-refractivity contribution in [3.8, 4) is 44.5 Å². The highest BCUT2D eigenvalue weighted by Crippen LogP contribution is 2.45. The van der Waals surface area contributed by atoms with Crippen LogP contribution in [0.25, 0.3) is 88.0 Å². The van der Waals surface area contributed by atoms with E-state index in [-0.39, 0.29) is 27.5 Å². The van der Waals surface area contributed by atoms with Crippen molar-refractivity contribution in [2.24, 2.45) is 0 Å². The Hall–Kier alpha value is -5.92. The lowest BCUT2D eigenvalue weighted by molar-refractivity contribution is 0.670. The molecule has 0 saturated heterocycles. The van der Waals surface area contributed by atoms with Gasteiger partial charge >= 0.3 is 0 Å². The third-order valence-electron chi connectivity index (χ3n) is 7.93. The predicted molar refractivity (Wildman–Crippen MR) is 190 cm³/mol. The van der Waals surface area contributed by atoms with Crippen molar-refractivity contribution in [1.82, 2.24) is 0 Å². The lowest BCUT2D eigenvalue weighted by Gasteiger charge is -2.18. The summed E-state index contributed by atoms with van der Waals surface area (Å²) < 4.78 is 139. The minimum absolute atomic E-state index is 0.0394. The molecule has 0 spiro atoms. The molecule has 0 saturated carbocycles. The molecule has 0 amide bonds. The molecular weight excluding hydrogens is 544 g/mol. The maximum absolute atomic E-state index is 9.82. The van der Waals surface area contributed by atoms with Crippen LogP contribution in [0.3, 0.4) is 0 Å². The molecule has 1 nitrogen and oxygen atoms in total. The minimum Gasteiger partial charge on any atom is -0.455 e. The average Bonchev–Trinajstić information content (AvgIpc) is 3.66. The first-order chi connectivity index (χ1) is 28.6. The maximum atomic E-state index is 9.82. The zero-order valence-electron chi connectivity index (χ0n) is 38.4. The first-order valence-corrected chi connectivity index (χ1v) is 14.2. The van der Waals surface area contributed by atoms with Crippen LogP contribution in [0, 0.1) is 0 Å². The van der Waals surface area contributed by atoms with E-state index in [0.29, 0.717) is 16.3 Å². The molecule has 1 heteroatoms. The Kier molecular flexibility index (Phi) is 3.39. The molecular formula is C44H28O. The van der Waals surface area contributed by atoms with E-state index in [1.54, 1.807) is 0 Å². The standard InChI is InChI=1S/C44H28O/c1-3-13-29(14-4-1)31-25-26-41-40(28-31)39-24-12-23-34(44(39)45-41)32-17-11-18-33(27-32)43-37-21-9-7-19-35(37)42(30-15-5-2-6-16-30)36-20-8-10-22-38(36)43/h1-28H/i1D,3D,4D,11D,12D,13D,14D,17D,18D,23D,24D,25D,26D,27D,28D. The number of rotatable bonds is 4. The molecule has 1 aromatic heterocycles. The highest BCUT2D eigenvalue weighted by atomic mass is 16.3. The fraction of sp³-hybridized carbons (Fsp3) is 0. The summed E-state index contributed by atoms with van der Waals surface area (Å²) in [7, 11) is 0. The second-order valence-corrected chi connectivity index (χ2v) is 10.5. The number of benzene rings is 8. The van der Waals surface area contributed by atoms with Crippen molar-refractivity contribution in [3.05, 3.63) is 169 Å². The van der Waals surface area contributed by atoms with Crippen molar-refractivity contribution in [1.29, 1.82) is 0 Å². The number of para-hydroxylation sites is 1. The molecule has 0 aliphatic heterocycles. The van der Waals surface area contributed by atoms with Gasteiger partial charge in [0.25, 0.3) is 0 Å². The van der Waals surface area contributed by atoms with Gasteiger partial charge in [-0.05, 0) is 78.6 Å². The second kappa shape index (κ2) is 10.4. The Bertz CT molecular complexity index is 3290. The van der Waals surface area contributed by atoms with E-state index >= 15 is 0 Å². The van der Waals surface area contributed by atoms with Crippen LogP contribution in [0.2, 0.25) is 0 Å². The van der Waals surface area contributed by atoms with Gasteiger partial charge in [-0.25, -0.2) is 0 Å². The van der Waals surface area contributed by atoms with Crippen LogP contribution >= 0.6 is 0 Å². The smallest absolute Gasteiger partial charge is 0.143 e. The molecule has 1 heterocycles. The van der Waals surface area contributed by atoms with E-state index in [2.05, 4.69) is 0 Å². The van der Waals surface area contributed by atoms with E-state index in [1.165, 1.54) is 0 Å². The molecule has 210 valence electrons. The van der Waals surface area contributed by atoms with Crippen molar-refractivity contribution in [2.45, 2.75) is 0 Å². The van der Waals surface area contributed by atoms with Crippen LogP contribution in [-0.4, -0.2) is 0 Å². The Labute approximate surface area is 282 Å². The van der Waals surface area contributed by atoms with Crippen LogP contribution in [0.5, 0.6) is 0 Å². The Morgan fingerprint density at radius 2 is 0.978 bits per heavy atom. The van der Waals surface area contributed by atoms with Crippen LogP contribution < -0.4 is 0 Å². The molecule has 0 fully saturated rings. The van der Waals surface area contributed by atoms with E-state index < -0.39 is 113 Å². The molecule has 0 atom stereocenters. The van der Waals surface area contributed by atoms with Crippen molar-refractivity contribution in [3.63, 3.8) is 0 Å². The van der Waals surface area contributed by atoms with Gasteiger partial charge in [0.1, 0.15) is 11.2 Å². The summed E-state index contributed by atoms with van der Waals surface area (Å²) >= 11 is 0. The number of furan rings is 1. The summed E-state index contributed by atoms with van der Waals surface area (Å²) in [5.74, 6) is 0. The molecule has 9 aromatic rings. The third-order valence-corrected chi connectivity index (χ3v) is 7.93. The van der Waals surface area contributed by atoms with E-state index in [4.69, 9.17) is 18.1 Å². The number of hydrogen-bond acceptors (Lipinski definition) is 1. The normalized spacial score (nSPS) is 16.2. The summed E-state index contributed by atoms with van der Waals surface area (Å²) in [6.45, 7) is 0. The van der Waals surface area contributed by atoms with Crippen molar-refractivity contribution < 1.29 is 25.0 Å². The van der Waals surface area contributed by atoms with Gasteiger partial charge in [0, 0.05) is 16.3 Å². The third kappa shape index (κ3) is 4.17. The Morgan fingerprint density at radius 3 is 1.69 bits per heavy atom. The first-order valence-electron chi connectivity index (χ1n) is 21.7.